The van der Waals surface area contributed by atoms with Gasteiger partial charge in [-0.2, -0.15) is 0 Å². The summed E-state index contributed by atoms with van der Waals surface area (Å²) in [7, 11) is 2.19. The van der Waals surface area contributed by atoms with E-state index in [1.54, 1.807) is 0 Å². The van der Waals surface area contributed by atoms with Gasteiger partial charge in [-0.05, 0) is 70.2 Å². The van der Waals surface area contributed by atoms with E-state index >= 15 is 0 Å². The molecule has 0 saturated carbocycles. The second-order valence-electron chi connectivity index (χ2n) is 9.15. The Morgan fingerprint density at radius 2 is 1.66 bits per heavy atom. The van der Waals surface area contributed by atoms with Gasteiger partial charge in [-0.25, -0.2) is 0 Å². The molecule has 1 N–H and O–H groups in total. The number of likely N-dealkylation sites (tertiary alicyclic amines) is 1. The highest BCUT2D eigenvalue weighted by Gasteiger charge is 2.21. The van der Waals surface area contributed by atoms with Crippen molar-refractivity contribution < 1.29 is 9.90 Å². The zero-order valence-corrected chi connectivity index (χ0v) is 20.8. The summed E-state index contributed by atoms with van der Waals surface area (Å²) in [4.78, 5) is 16.9. The van der Waals surface area contributed by atoms with Crippen LogP contribution in [0, 0.1) is 0 Å². The first-order valence-corrected chi connectivity index (χ1v) is 13.1. The fraction of sp³-hybridized carbons (Fsp3) is 0.714. The number of rotatable bonds is 16. The fourth-order valence-electron chi connectivity index (χ4n) is 4.25. The summed E-state index contributed by atoms with van der Waals surface area (Å²) in [5.74, 6) is -0.664. The SMILES string of the molecule is CCCCCCCC/C=C\CCCCCCCC(=O)O.CN1CCC[C@H]1c1cccnc1. The minimum Gasteiger partial charge on any atom is -0.481 e. The van der Waals surface area contributed by atoms with Crippen LogP contribution in [0.15, 0.2) is 36.7 Å². The van der Waals surface area contributed by atoms with E-state index in [4.69, 9.17) is 5.11 Å². The predicted molar refractivity (Wildman–Crippen MR) is 136 cm³/mol. The number of carbonyl (C=O) groups is 1. The highest BCUT2D eigenvalue weighted by atomic mass is 16.4. The van der Waals surface area contributed by atoms with Crippen molar-refractivity contribution in [1.29, 1.82) is 0 Å². The molecule has 1 aromatic heterocycles. The molecule has 0 aliphatic carbocycles. The van der Waals surface area contributed by atoms with Gasteiger partial charge in [-0.3, -0.25) is 14.7 Å². The maximum atomic E-state index is 10.3. The first-order chi connectivity index (χ1) is 15.6. The number of hydrogen-bond acceptors (Lipinski definition) is 3. The monoisotopic (exact) mass is 444 g/mol. The lowest BCUT2D eigenvalue weighted by Gasteiger charge is -2.18. The molecule has 0 amide bonds. The standard InChI is InChI=1S/C18H34O2.C10H14N2/c1-2-3-4-5-6-7-8-9-10-11-12-13-14-15-16-17-18(19)20;1-12-7-3-5-10(12)9-4-2-6-11-8-9/h9-10H,2-8,11-17H2,1H3,(H,19,20);2,4,6,8,10H,3,5,7H2,1H3/b10-9-;/t;10-/m.0/s1. The van der Waals surface area contributed by atoms with Crippen molar-refractivity contribution in [2.24, 2.45) is 0 Å². The quantitative estimate of drug-likeness (QED) is 0.207. The van der Waals surface area contributed by atoms with Gasteiger partial charge in [0.15, 0.2) is 0 Å². The molecule has 0 aromatic carbocycles. The van der Waals surface area contributed by atoms with E-state index in [0.717, 1.165) is 12.8 Å². The fourth-order valence-corrected chi connectivity index (χ4v) is 4.25. The van der Waals surface area contributed by atoms with Crippen molar-refractivity contribution in [3.05, 3.63) is 42.2 Å². The lowest BCUT2D eigenvalue weighted by Crippen LogP contribution is -2.17. The summed E-state index contributed by atoms with van der Waals surface area (Å²) in [5.41, 5.74) is 1.36. The lowest BCUT2D eigenvalue weighted by molar-refractivity contribution is -0.137. The van der Waals surface area contributed by atoms with Crippen molar-refractivity contribution in [3.8, 4) is 0 Å². The molecule has 4 heteroatoms. The molecule has 2 rings (SSSR count). The summed E-state index contributed by atoms with van der Waals surface area (Å²) in [6, 6.07) is 4.79. The summed E-state index contributed by atoms with van der Waals surface area (Å²) in [5, 5.41) is 8.51. The van der Waals surface area contributed by atoms with Crippen LogP contribution in [-0.4, -0.2) is 34.6 Å². The number of aliphatic carboxylic acids is 1. The highest BCUT2D eigenvalue weighted by molar-refractivity contribution is 5.66. The maximum absolute atomic E-state index is 10.3. The lowest BCUT2D eigenvalue weighted by atomic mass is 10.1. The number of hydrogen-bond donors (Lipinski definition) is 1. The van der Waals surface area contributed by atoms with E-state index in [2.05, 4.69) is 42.1 Å². The Labute approximate surface area is 197 Å². The van der Waals surface area contributed by atoms with Crippen LogP contribution in [-0.2, 0) is 4.79 Å². The van der Waals surface area contributed by atoms with Crippen molar-refractivity contribution >= 4 is 5.97 Å². The Kier molecular flexibility index (Phi) is 17.7. The Balaban J connectivity index is 0.000000357. The predicted octanol–water partition coefficient (Wildman–Crippen LogP) is 7.96. The average Bonchev–Trinajstić information content (AvgIpc) is 3.23. The van der Waals surface area contributed by atoms with Gasteiger partial charge in [0.05, 0.1) is 0 Å². The first-order valence-electron chi connectivity index (χ1n) is 13.1. The molecule has 182 valence electrons. The van der Waals surface area contributed by atoms with Gasteiger partial charge >= 0.3 is 5.97 Å². The molecule has 1 saturated heterocycles. The van der Waals surface area contributed by atoms with Crippen molar-refractivity contribution in [2.45, 2.75) is 116 Å². The van der Waals surface area contributed by atoms with Gasteiger partial charge in [-0.1, -0.05) is 76.5 Å². The van der Waals surface area contributed by atoms with Crippen molar-refractivity contribution in [1.82, 2.24) is 9.88 Å². The van der Waals surface area contributed by atoms with Gasteiger partial charge in [-0.15, -0.1) is 0 Å². The molecular weight excluding hydrogens is 396 g/mol. The zero-order valence-electron chi connectivity index (χ0n) is 20.8. The van der Waals surface area contributed by atoms with E-state index in [9.17, 15) is 4.79 Å². The van der Waals surface area contributed by atoms with Gasteiger partial charge in [0, 0.05) is 24.9 Å². The van der Waals surface area contributed by atoms with E-state index in [1.807, 2.05) is 18.5 Å². The van der Waals surface area contributed by atoms with Crippen LogP contribution in [0.5, 0.6) is 0 Å². The number of pyridine rings is 1. The molecule has 0 spiro atoms. The molecule has 4 nitrogen and oxygen atoms in total. The normalized spacial score (nSPS) is 16.2. The van der Waals surface area contributed by atoms with Crippen LogP contribution in [0.4, 0.5) is 0 Å². The molecule has 0 radical (unpaired) electrons. The van der Waals surface area contributed by atoms with Crippen LogP contribution in [0.25, 0.3) is 0 Å². The topological polar surface area (TPSA) is 53.4 Å². The first kappa shape index (κ1) is 28.4. The van der Waals surface area contributed by atoms with Crippen LogP contribution in [0.1, 0.15) is 121 Å². The number of allylic oxidation sites excluding steroid dienone is 2. The highest BCUT2D eigenvalue weighted by Crippen LogP contribution is 2.29. The Bertz CT molecular complexity index is 588. The molecule has 1 aromatic rings. The summed E-state index contributed by atoms with van der Waals surface area (Å²) >= 11 is 0. The second-order valence-corrected chi connectivity index (χ2v) is 9.15. The molecule has 0 bridgehead atoms. The molecular formula is C28H48N2O2. The van der Waals surface area contributed by atoms with Crippen LogP contribution in [0.3, 0.4) is 0 Å². The minimum absolute atomic E-state index is 0.332. The maximum Gasteiger partial charge on any atom is 0.303 e. The van der Waals surface area contributed by atoms with Crippen LogP contribution < -0.4 is 0 Å². The molecule has 1 atom stereocenters. The summed E-state index contributed by atoms with van der Waals surface area (Å²) in [6.07, 6.45) is 27.6. The Hall–Kier alpha value is -1.68. The third-order valence-corrected chi connectivity index (χ3v) is 6.24. The second kappa shape index (κ2) is 20.0. The van der Waals surface area contributed by atoms with E-state index in [1.165, 1.54) is 95.6 Å². The molecule has 32 heavy (non-hydrogen) atoms. The third-order valence-electron chi connectivity index (χ3n) is 6.24. The van der Waals surface area contributed by atoms with Crippen LogP contribution in [0.2, 0.25) is 0 Å². The number of aromatic nitrogens is 1. The summed E-state index contributed by atoms with van der Waals surface area (Å²) < 4.78 is 0. The van der Waals surface area contributed by atoms with E-state index in [-0.39, 0.29) is 0 Å². The van der Waals surface area contributed by atoms with Gasteiger partial charge in [0.1, 0.15) is 0 Å². The van der Waals surface area contributed by atoms with E-state index < -0.39 is 5.97 Å². The third kappa shape index (κ3) is 15.2. The molecule has 1 aliphatic heterocycles. The average molecular weight is 445 g/mol. The molecule has 2 heterocycles. The Morgan fingerprint density at radius 3 is 2.19 bits per heavy atom. The zero-order chi connectivity index (χ0) is 23.3. The van der Waals surface area contributed by atoms with E-state index in [0.29, 0.717) is 12.5 Å². The molecule has 0 unspecified atom stereocenters. The van der Waals surface area contributed by atoms with Crippen molar-refractivity contribution in [2.75, 3.05) is 13.6 Å². The Morgan fingerprint density at radius 1 is 1.03 bits per heavy atom. The van der Waals surface area contributed by atoms with Gasteiger partial charge < -0.3 is 5.11 Å². The smallest absolute Gasteiger partial charge is 0.303 e. The summed E-state index contributed by atoms with van der Waals surface area (Å²) in [6.45, 7) is 3.48. The number of nitrogens with zero attached hydrogens (tertiary/aromatic N) is 2. The number of carboxylic acid groups (broad SMARTS) is 1. The van der Waals surface area contributed by atoms with Gasteiger partial charge in [0.2, 0.25) is 0 Å². The molecule has 1 fully saturated rings. The number of unbranched alkanes of at least 4 members (excludes halogenated alkanes) is 11. The van der Waals surface area contributed by atoms with Crippen LogP contribution >= 0.6 is 0 Å². The van der Waals surface area contributed by atoms with Crippen molar-refractivity contribution in [3.63, 3.8) is 0 Å². The van der Waals surface area contributed by atoms with Gasteiger partial charge in [0.25, 0.3) is 0 Å². The molecule has 1 aliphatic rings. The minimum atomic E-state index is -0.664. The largest absolute Gasteiger partial charge is 0.481 e. The number of carboxylic acids is 1.